The molecule has 0 unspecified atom stereocenters. The van der Waals surface area contributed by atoms with E-state index in [0.29, 0.717) is 36.1 Å². The number of ether oxygens (including phenoxy) is 3. The Morgan fingerprint density at radius 3 is 2.47 bits per heavy atom. The molecule has 3 aromatic carbocycles. The third-order valence-corrected chi connectivity index (χ3v) is 5.11. The van der Waals surface area contributed by atoms with Crippen LogP contribution in [0, 0.1) is 6.92 Å². The van der Waals surface area contributed by atoms with Gasteiger partial charge in [-0.3, -0.25) is 9.59 Å². The minimum absolute atomic E-state index is 0.00570. The van der Waals surface area contributed by atoms with Gasteiger partial charge < -0.3 is 19.5 Å². The van der Waals surface area contributed by atoms with E-state index in [1.165, 1.54) is 18.9 Å². The normalized spacial score (nSPS) is 10.6. The first-order valence-electron chi connectivity index (χ1n) is 11.7. The molecule has 0 atom stereocenters. The van der Waals surface area contributed by atoms with Crippen molar-refractivity contribution in [1.29, 1.82) is 0 Å². The van der Waals surface area contributed by atoms with Crippen LogP contribution in [0.5, 0.6) is 17.2 Å². The summed E-state index contributed by atoms with van der Waals surface area (Å²) in [6, 6.07) is 20.6. The van der Waals surface area contributed by atoms with E-state index in [4.69, 9.17) is 14.2 Å². The number of aryl methyl sites for hydroxylation is 1. The Morgan fingerprint density at radius 2 is 1.69 bits per heavy atom. The maximum Gasteiger partial charge on any atom is 0.240 e. The summed E-state index contributed by atoms with van der Waals surface area (Å²) in [4.78, 5) is 24.3. The largest absolute Gasteiger partial charge is 0.495 e. The summed E-state index contributed by atoms with van der Waals surface area (Å²) in [5, 5.41) is 6.73. The van der Waals surface area contributed by atoms with Gasteiger partial charge in [0.1, 0.15) is 12.4 Å². The molecule has 0 bridgehead atoms. The number of carbonyl (C=O) groups excluding carboxylic acids is 2. The molecular formula is C28H31N3O5. The molecule has 3 aromatic rings. The second kappa shape index (κ2) is 13.5. The molecule has 0 spiro atoms. The van der Waals surface area contributed by atoms with Gasteiger partial charge in [-0.2, -0.15) is 5.10 Å². The van der Waals surface area contributed by atoms with E-state index >= 15 is 0 Å². The molecule has 0 fully saturated rings. The molecular weight excluding hydrogens is 458 g/mol. The van der Waals surface area contributed by atoms with Crippen LogP contribution < -0.4 is 25.0 Å². The molecule has 0 radical (unpaired) electrons. The van der Waals surface area contributed by atoms with Crippen LogP contribution in [0.2, 0.25) is 0 Å². The van der Waals surface area contributed by atoms with E-state index in [-0.39, 0.29) is 24.7 Å². The van der Waals surface area contributed by atoms with Crippen molar-refractivity contribution in [3.8, 4) is 17.2 Å². The van der Waals surface area contributed by atoms with Crippen LogP contribution in [0.25, 0.3) is 0 Å². The molecule has 0 aliphatic carbocycles. The molecule has 36 heavy (non-hydrogen) atoms. The van der Waals surface area contributed by atoms with Crippen LogP contribution in [-0.2, 0) is 16.2 Å². The average molecular weight is 490 g/mol. The molecule has 188 valence electrons. The van der Waals surface area contributed by atoms with E-state index in [0.717, 1.165) is 11.1 Å². The number of nitrogens with zero attached hydrogens (tertiary/aromatic N) is 1. The van der Waals surface area contributed by atoms with Gasteiger partial charge in [-0.1, -0.05) is 42.0 Å². The van der Waals surface area contributed by atoms with Crippen molar-refractivity contribution in [3.63, 3.8) is 0 Å². The SMILES string of the molecule is CCOc1cc(C=NNC(=O)CCC(=O)Nc2ccccc2OC)ccc1OCc1cccc(C)c1. The molecule has 0 saturated carbocycles. The number of carbonyl (C=O) groups is 2. The van der Waals surface area contributed by atoms with Crippen molar-refractivity contribution < 1.29 is 23.8 Å². The van der Waals surface area contributed by atoms with Crippen molar-refractivity contribution in [2.75, 3.05) is 19.0 Å². The summed E-state index contributed by atoms with van der Waals surface area (Å²) in [5.41, 5.74) is 5.98. The summed E-state index contributed by atoms with van der Waals surface area (Å²) in [7, 11) is 1.53. The summed E-state index contributed by atoms with van der Waals surface area (Å²) in [6.45, 7) is 4.85. The smallest absolute Gasteiger partial charge is 0.240 e. The quantitative estimate of drug-likeness (QED) is 0.280. The number of methoxy groups -OCH3 is 1. The van der Waals surface area contributed by atoms with Crippen LogP contribution in [0.3, 0.4) is 0 Å². The number of benzene rings is 3. The van der Waals surface area contributed by atoms with Crippen molar-refractivity contribution in [1.82, 2.24) is 5.43 Å². The minimum Gasteiger partial charge on any atom is -0.495 e. The minimum atomic E-state index is -0.371. The standard InChI is InChI=1S/C28H31N3O5/c1-4-35-26-17-21(12-13-25(26)36-19-22-9-7-8-20(2)16-22)18-29-31-28(33)15-14-27(32)30-23-10-5-6-11-24(23)34-3/h5-13,16-18H,4,14-15,19H2,1-3H3,(H,30,32)(H,31,33). The Labute approximate surface area is 211 Å². The molecule has 3 rings (SSSR count). The van der Waals surface area contributed by atoms with Crippen LogP contribution in [0.4, 0.5) is 5.69 Å². The highest BCUT2D eigenvalue weighted by atomic mass is 16.5. The summed E-state index contributed by atoms with van der Waals surface area (Å²) in [6.07, 6.45) is 1.52. The predicted molar refractivity (Wildman–Crippen MR) is 140 cm³/mol. The topological polar surface area (TPSA) is 98.2 Å². The second-order valence-corrected chi connectivity index (χ2v) is 7.96. The third-order valence-electron chi connectivity index (χ3n) is 5.11. The van der Waals surface area contributed by atoms with Crippen molar-refractivity contribution in [2.24, 2.45) is 5.10 Å². The van der Waals surface area contributed by atoms with Gasteiger partial charge in [0, 0.05) is 12.8 Å². The van der Waals surface area contributed by atoms with Crippen LogP contribution in [0.1, 0.15) is 36.5 Å². The van der Waals surface area contributed by atoms with Crippen molar-refractivity contribution in [3.05, 3.63) is 83.4 Å². The molecule has 0 aliphatic heterocycles. The molecule has 8 heteroatoms. The predicted octanol–water partition coefficient (Wildman–Crippen LogP) is 4.85. The van der Waals surface area contributed by atoms with Crippen LogP contribution in [-0.4, -0.2) is 31.7 Å². The fourth-order valence-corrected chi connectivity index (χ4v) is 3.38. The summed E-state index contributed by atoms with van der Waals surface area (Å²) in [5.74, 6) is 1.11. The van der Waals surface area contributed by atoms with Gasteiger partial charge in [0.25, 0.3) is 0 Å². The zero-order valence-corrected chi connectivity index (χ0v) is 20.7. The number of hydrazone groups is 1. The number of amides is 2. The van der Waals surface area contributed by atoms with E-state index in [2.05, 4.69) is 21.9 Å². The Morgan fingerprint density at radius 1 is 0.889 bits per heavy atom. The number of hydrogen-bond donors (Lipinski definition) is 2. The Hall–Kier alpha value is -4.33. The molecule has 8 nitrogen and oxygen atoms in total. The number of nitrogens with one attached hydrogen (secondary N) is 2. The molecule has 0 heterocycles. The highest BCUT2D eigenvalue weighted by Gasteiger charge is 2.10. The molecule has 0 saturated heterocycles. The number of para-hydroxylation sites is 2. The van der Waals surface area contributed by atoms with Crippen molar-refractivity contribution in [2.45, 2.75) is 33.3 Å². The second-order valence-electron chi connectivity index (χ2n) is 7.96. The highest BCUT2D eigenvalue weighted by molar-refractivity contribution is 5.94. The Bertz CT molecular complexity index is 1210. The lowest BCUT2D eigenvalue weighted by molar-refractivity contribution is -0.124. The first-order chi connectivity index (χ1) is 17.5. The van der Waals surface area contributed by atoms with Crippen molar-refractivity contribution >= 4 is 23.7 Å². The number of hydrogen-bond acceptors (Lipinski definition) is 6. The Balaban J connectivity index is 1.50. The number of rotatable bonds is 12. The van der Waals surface area contributed by atoms with Gasteiger partial charge in [-0.15, -0.1) is 0 Å². The zero-order valence-electron chi connectivity index (χ0n) is 20.7. The maximum atomic E-state index is 12.2. The van der Waals surface area contributed by atoms with E-state index in [9.17, 15) is 9.59 Å². The summed E-state index contributed by atoms with van der Waals surface area (Å²) >= 11 is 0. The zero-order chi connectivity index (χ0) is 25.8. The maximum absolute atomic E-state index is 12.2. The molecule has 0 aromatic heterocycles. The molecule has 0 aliphatic rings. The lowest BCUT2D eigenvalue weighted by Gasteiger charge is -2.13. The molecule has 2 N–H and O–H groups in total. The fraction of sp³-hybridized carbons (Fsp3) is 0.250. The van der Waals surface area contributed by atoms with Gasteiger partial charge >= 0.3 is 0 Å². The van der Waals surface area contributed by atoms with Gasteiger partial charge in [0.15, 0.2) is 11.5 Å². The van der Waals surface area contributed by atoms with Gasteiger partial charge in [0.05, 0.1) is 25.6 Å². The van der Waals surface area contributed by atoms with Gasteiger partial charge in [-0.25, -0.2) is 5.43 Å². The Kier molecular flexibility index (Phi) is 9.88. The van der Waals surface area contributed by atoms with Gasteiger partial charge in [-0.05, 0) is 55.3 Å². The molecule has 2 amide bonds. The van der Waals surface area contributed by atoms with E-state index in [1.54, 1.807) is 24.3 Å². The van der Waals surface area contributed by atoms with Gasteiger partial charge in [0.2, 0.25) is 11.8 Å². The lowest BCUT2D eigenvalue weighted by Crippen LogP contribution is -2.20. The summed E-state index contributed by atoms with van der Waals surface area (Å²) < 4.78 is 16.9. The first kappa shape index (κ1) is 26.3. The van der Waals surface area contributed by atoms with Crippen LogP contribution >= 0.6 is 0 Å². The fourth-order valence-electron chi connectivity index (χ4n) is 3.38. The average Bonchev–Trinajstić information content (AvgIpc) is 2.87. The third kappa shape index (κ3) is 8.16. The van der Waals surface area contributed by atoms with E-state index in [1.807, 2.05) is 50.2 Å². The van der Waals surface area contributed by atoms with E-state index < -0.39 is 0 Å². The highest BCUT2D eigenvalue weighted by Crippen LogP contribution is 2.29. The lowest BCUT2D eigenvalue weighted by atomic mass is 10.1. The number of anilines is 1. The van der Waals surface area contributed by atoms with Crippen LogP contribution in [0.15, 0.2) is 71.8 Å². The monoisotopic (exact) mass is 489 g/mol. The first-order valence-corrected chi connectivity index (χ1v) is 11.7.